The van der Waals surface area contributed by atoms with Crippen molar-refractivity contribution in [2.45, 2.75) is 44.9 Å². The normalized spacial score (nSPS) is 13.4. The number of phosphoric ester groups is 1. The monoisotopic (exact) mass is 420 g/mol. The van der Waals surface area contributed by atoms with Crippen molar-refractivity contribution in [3.8, 4) is 12.3 Å². The van der Waals surface area contributed by atoms with Crippen molar-refractivity contribution < 1.29 is 37.7 Å². The van der Waals surface area contributed by atoms with Gasteiger partial charge in [-0.15, -0.1) is 6.42 Å². The SMILES string of the molecule is C#CCOC(=O)NCCCCCC(=O)CCCC[N+](C)(C)CCOP(=O)([O-])O. The first kappa shape index (κ1) is 26.6. The summed E-state index contributed by atoms with van der Waals surface area (Å²) in [5.74, 6) is 2.43. The van der Waals surface area contributed by atoms with E-state index in [4.69, 9.17) is 11.3 Å². The quantitative estimate of drug-likeness (QED) is 0.166. The minimum Gasteiger partial charge on any atom is -0.756 e. The molecule has 0 aromatic carbocycles. The molecule has 28 heavy (non-hydrogen) atoms. The van der Waals surface area contributed by atoms with Crippen molar-refractivity contribution in [3.05, 3.63) is 0 Å². The predicted molar refractivity (Wildman–Crippen MR) is 103 cm³/mol. The number of nitrogens with zero attached hydrogens (tertiary/aromatic N) is 1. The molecule has 0 radical (unpaired) electrons. The fourth-order valence-corrected chi connectivity index (χ4v) is 2.79. The number of unbranched alkanes of at least 4 members (excludes halogenated alkanes) is 3. The van der Waals surface area contributed by atoms with Gasteiger partial charge in [-0.1, -0.05) is 12.3 Å². The Morgan fingerprint density at radius 1 is 1.14 bits per heavy atom. The highest BCUT2D eigenvalue weighted by molar-refractivity contribution is 7.44. The molecule has 1 atom stereocenters. The van der Waals surface area contributed by atoms with E-state index in [1.165, 1.54) is 0 Å². The number of carbonyl (C=O) groups excluding carboxylic acids is 2. The van der Waals surface area contributed by atoms with Crippen LogP contribution in [0.15, 0.2) is 0 Å². The van der Waals surface area contributed by atoms with Gasteiger partial charge in [0.15, 0.2) is 6.61 Å². The van der Waals surface area contributed by atoms with Crippen molar-refractivity contribution in [1.82, 2.24) is 5.32 Å². The van der Waals surface area contributed by atoms with Crippen LogP contribution in [0.2, 0.25) is 0 Å². The molecule has 162 valence electrons. The number of terminal acetylenes is 1. The minimum absolute atomic E-state index is 0.0466. The van der Waals surface area contributed by atoms with Crippen molar-refractivity contribution in [3.63, 3.8) is 0 Å². The molecule has 2 N–H and O–H groups in total. The van der Waals surface area contributed by atoms with Crippen LogP contribution < -0.4 is 10.2 Å². The van der Waals surface area contributed by atoms with E-state index >= 15 is 0 Å². The van der Waals surface area contributed by atoms with Gasteiger partial charge in [0.05, 0.1) is 20.6 Å². The van der Waals surface area contributed by atoms with E-state index in [1.54, 1.807) is 0 Å². The van der Waals surface area contributed by atoms with Crippen LogP contribution in [0.3, 0.4) is 0 Å². The molecule has 0 fully saturated rings. The first-order valence-electron chi connectivity index (χ1n) is 9.42. The van der Waals surface area contributed by atoms with Gasteiger partial charge in [-0.2, -0.15) is 0 Å². The first-order valence-corrected chi connectivity index (χ1v) is 10.9. The van der Waals surface area contributed by atoms with Crippen LogP contribution in [0.5, 0.6) is 0 Å². The molecular weight excluding hydrogens is 387 g/mol. The van der Waals surface area contributed by atoms with E-state index in [1.807, 2.05) is 14.1 Å². The number of hydrogen-bond acceptors (Lipinski definition) is 6. The number of likely N-dealkylation sites (N-methyl/N-ethyl adjacent to an activating group) is 1. The Labute approximate surface area is 167 Å². The second-order valence-electron chi connectivity index (χ2n) is 7.20. The van der Waals surface area contributed by atoms with Gasteiger partial charge in [0.2, 0.25) is 0 Å². The third-order valence-corrected chi connectivity index (χ3v) is 4.62. The largest absolute Gasteiger partial charge is 0.756 e. The van der Waals surface area contributed by atoms with Crippen LogP contribution in [-0.4, -0.2) is 68.2 Å². The number of alkyl carbamates (subject to hydrolysis) is 1. The van der Waals surface area contributed by atoms with E-state index in [0.717, 1.165) is 38.6 Å². The lowest BCUT2D eigenvalue weighted by Crippen LogP contribution is -2.43. The summed E-state index contributed by atoms with van der Waals surface area (Å²) >= 11 is 0. The van der Waals surface area contributed by atoms with E-state index in [9.17, 15) is 19.0 Å². The molecule has 0 aliphatic carbocycles. The van der Waals surface area contributed by atoms with Gasteiger partial charge in [0.25, 0.3) is 7.82 Å². The van der Waals surface area contributed by atoms with Crippen LogP contribution in [0, 0.1) is 12.3 Å². The lowest BCUT2D eigenvalue weighted by atomic mass is 10.1. The van der Waals surface area contributed by atoms with Crippen molar-refractivity contribution in [1.29, 1.82) is 0 Å². The average Bonchev–Trinajstić information content (AvgIpc) is 2.58. The molecule has 1 amide bonds. The molecule has 0 saturated carbocycles. The Morgan fingerprint density at radius 3 is 2.39 bits per heavy atom. The van der Waals surface area contributed by atoms with Gasteiger partial charge < -0.3 is 28.8 Å². The van der Waals surface area contributed by atoms with Crippen LogP contribution in [0.4, 0.5) is 4.79 Å². The number of amides is 1. The number of ketones is 1. The van der Waals surface area contributed by atoms with Gasteiger partial charge in [0, 0.05) is 19.4 Å². The number of rotatable bonds is 16. The second kappa shape index (κ2) is 14.6. The molecule has 0 aliphatic rings. The highest BCUT2D eigenvalue weighted by atomic mass is 31.2. The Morgan fingerprint density at radius 2 is 1.79 bits per heavy atom. The summed E-state index contributed by atoms with van der Waals surface area (Å²) in [5, 5.41) is 2.59. The van der Waals surface area contributed by atoms with E-state index in [0.29, 0.717) is 30.4 Å². The predicted octanol–water partition coefficient (Wildman–Crippen LogP) is 1.20. The zero-order chi connectivity index (χ0) is 21.5. The smallest absolute Gasteiger partial charge is 0.408 e. The molecule has 0 bridgehead atoms. The van der Waals surface area contributed by atoms with Gasteiger partial charge in [-0.25, -0.2) is 4.79 Å². The summed E-state index contributed by atoms with van der Waals surface area (Å²) < 4.78 is 20.1. The van der Waals surface area contributed by atoms with Crippen LogP contribution in [0.25, 0.3) is 0 Å². The molecule has 9 nitrogen and oxygen atoms in total. The lowest BCUT2D eigenvalue weighted by Gasteiger charge is -2.30. The topological polar surface area (TPSA) is 125 Å². The Kier molecular flexibility index (Phi) is 13.8. The zero-order valence-corrected chi connectivity index (χ0v) is 17.7. The summed E-state index contributed by atoms with van der Waals surface area (Å²) in [7, 11) is -0.785. The van der Waals surface area contributed by atoms with Gasteiger partial charge in [0.1, 0.15) is 18.9 Å². The molecule has 0 aromatic rings. The van der Waals surface area contributed by atoms with E-state index in [2.05, 4.69) is 20.5 Å². The fraction of sp³-hybridized carbons (Fsp3) is 0.778. The zero-order valence-electron chi connectivity index (χ0n) is 16.9. The number of Topliss-reactive ketones (excluding diaryl/α,β-unsaturated/α-hetero) is 1. The fourth-order valence-electron chi connectivity index (χ4n) is 2.47. The van der Waals surface area contributed by atoms with Gasteiger partial charge in [-0.05, 0) is 25.7 Å². The van der Waals surface area contributed by atoms with E-state index in [-0.39, 0.29) is 19.0 Å². The Bertz CT molecular complexity index is 555. The third-order valence-electron chi connectivity index (χ3n) is 4.11. The number of nitrogens with one attached hydrogen (secondary N) is 1. The maximum Gasteiger partial charge on any atom is 0.408 e. The maximum absolute atomic E-state index is 11.9. The van der Waals surface area contributed by atoms with Gasteiger partial charge in [-0.3, -0.25) is 9.36 Å². The summed E-state index contributed by atoms with van der Waals surface area (Å²) in [6.07, 6.45) is 9.54. The van der Waals surface area contributed by atoms with Crippen LogP contribution in [-0.2, 0) is 18.6 Å². The maximum atomic E-state index is 11.9. The highest BCUT2D eigenvalue weighted by Gasteiger charge is 2.16. The second-order valence-corrected chi connectivity index (χ2v) is 8.39. The number of carbonyl (C=O) groups is 2. The minimum atomic E-state index is -4.66. The van der Waals surface area contributed by atoms with Crippen molar-refractivity contribution in [2.24, 2.45) is 0 Å². The molecule has 0 aliphatic heterocycles. The molecular formula is C18H33N2O7P. The summed E-state index contributed by atoms with van der Waals surface area (Å²) in [4.78, 5) is 42.1. The van der Waals surface area contributed by atoms with Crippen LogP contribution in [0.1, 0.15) is 44.9 Å². The number of ether oxygens (including phenoxy) is 1. The summed E-state index contributed by atoms with van der Waals surface area (Å²) in [6, 6.07) is 0. The molecule has 0 heterocycles. The standard InChI is InChI=1S/C18H33N2O7P/c1-4-15-26-18(22)19-12-8-5-6-10-17(21)11-7-9-13-20(2,3)14-16-27-28(23,24)25/h1H,5-16H2,2-3H3,(H2-,19,22,23,24,25). The Balaban J connectivity index is 3.63. The number of quaternary nitrogens is 1. The summed E-state index contributed by atoms with van der Waals surface area (Å²) in [5.41, 5.74) is 0. The lowest BCUT2D eigenvalue weighted by molar-refractivity contribution is -0.890. The average molecular weight is 420 g/mol. The molecule has 1 unspecified atom stereocenters. The number of hydrogen-bond donors (Lipinski definition) is 2. The van der Waals surface area contributed by atoms with E-state index < -0.39 is 13.9 Å². The molecule has 10 heteroatoms. The molecule has 0 spiro atoms. The van der Waals surface area contributed by atoms with Crippen LogP contribution >= 0.6 is 7.82 Å². The van der Waals surface area contributed by atoms with Crippen molar-refractivity contribution >= 4 is 19.7 Å². The Hall–Kier alpha value is -1.43. The first-order chi connectivity index (χ1) is 13.1. The highest BCUT2D eigenvalue weighted by Crippen LogP contribution is 2.29. The van der Waals surface area contributed by atoms with Gasteiger partial charge >= 0.3 is 6.09 Å². The summed E-state index contributed by atoms with van der Waals surface area (Å²) in [6.45, 7) is 1.61. The number of phosphoric acid groups is 1. The molecule has 0 aromatic heterocycles. The molecule has 0 rings (SSSR count). The van der Waals surface area contributed by atoms with Crippen molar-refractivity contribution in [2.75, 3.05) is 46.9 Å². The molecule has 0 saturated heterocycles. The third kappa shape index (κ3) is 18.0.